The SMILES string of the molecule is CCC(=O)Nc1ccc(N2C(=S)N[C@@H](c3ccccn3)[C@H]2c2cc(C)n(-c3cc(C)ccc3C)c2C)cc1OC. The van der Waals surface area contributed by atoms with Crippen molar-refractivity contribution in [3.63, 3.8) is 0 Å². The first-order valence-electron chi connectivity index (χ1n) is 13.5. The van der Waals surface area contributed by atoms with E-state index in [0.29, 0.717) is 23.0 Å². The van der Waals surface area contributed by atoms with E-state index in [9.17, 15) is 4.79 Å². The Morgan fingerprint density at radius 2 is 1.88 bits per heavy atom. The predicted octanol–water partition coefficient (Wildman–Crippen LogP) is 6.64. The van der Waals surface area contributed by atoms with Crippen LogP contribution in [0.4, 0.5) is 11.4 Å². The van der Waals surface area contributed by atoms with Crippen molar-refractivity contribution < 1.29 is 9.53 Å². The minimum Gasteiger partial charge on any atom is -0.494 e. The lowest BCUT2D eigenvalue weighted by Gasteiger charge is -2.29. The maximum absolute atomic E-state index is 12.1. The first-order chi connectivity index (χ1) is 19.2. The standard InChI is InChI=1S/C32H35N5O2S/c1-7-29(38)34-25-14-13-23(18-28(25)39-6)37-31(30(35-32(37)40)26-10-8-9-15-33-26)24-17-21(4)36(22(24)5)27-16-19(2)11-12-20(27)3/h8-18,30-31H,7H2,1-6H3,(H,34,38)(H,35,40)/t30-,31+/m0/s1. The predicted molar refractivity (Wildman–Crippen MR) is 165 cm³/mol. The Morgan fingerprint density at radius 1 is 1.07 bits per heavy atom. The van der Waals surface area contributed by atoms with Crippen LogP contribution in [0.2, 0.25) is 0 Å². The summed E-state index contributed by atoms with van der Waals surface area (Å²) in [5.41, 5.74) is 9.46. The maximum Gasteiger partial charge on any atom is 0.224 e. The fourth-order valence-electron chi connectivity index (χ4n) is 5.54. The van der Waals surface area contributed by atoms with Gasteiger partial charge in [0, 0.05) is 41.4 Å². The third-order valence-electron chi connectivity index (χ3n) is 7.55. The summed E-state index contributed by atoms with van der Waals surface area (Å²) in [6.45, 7) is 10.4. The summed E-state index contributed by atoms with van der Waals surface area (Å²) in [4.78, 5) is 18.9. The van der Waals surface area contributed by atoms with Gasteiger partial charge in [-0.05, 0) is 93.0 Å². The number of hydrogen-bond donors (Lipinski definition) is 2. The molecule has 0 radical (unpaired) electrons. The van der Waals surface area contributed by atoms with Gasteiger partial charge in [-0.1, -0.05) is 25.1 Å². The lowest BCUT2D eigenvalue weighted by molar-refractivity contribution is -0.115. The van der Waals surface area contributed by atoms with Crippen molar-refractivity contribution in [3.05, 3.63) is 101 Å². The molecule has 0 aliphatic carbocycles. The molecule has 2 N–H and O–H groups in total. The Balaban J connectivity index is 1.66. The molecule has 3 heterocycles. The molecule has 8 heteroatoms. The van der Waals surface area contributed by atoms with E-state index in [1.165, 1.54) is 16.8 Å². The van der Waals surface area contributed by atoms with Crippen molar-refractivity contribution in [1.29, 1.82) is 0 Å². The number of methoxy groups -OCH3 is 1. The highest BCUT2D eigenvalue weighted by molar-refractivity contribution is 7.80. The second-order valence-corrected chi connectivity index (χ2v) is 10.6. The number of aromatic nitrogens is 2. The number of thiocarbonyl (C=S) groups is 1. The largest absolute Gasteiger partial charge is 0.494 e. The molecule has 206 valence electrons. The van der Waals surface area contributed by atoms with E-state index >= 15 is 0 Å². The molecular weight excluding hydrogens is 518 g/mol. The first kappa shape index (κ1) is 27.4. The van der Waals surface area contributed by atoms with E-state index < -0.39 is 0 Å². The average molecular weight is 554 g/mol. The summed E-state index contributed by atoms with van der Waals surface area (Å²) in [6.07, 6.45) is 2.20. The Morgan fingerprint density at radius 3 is 2.58 bits per heavy atom. The number of aryl methyl sites for hydroxylation is 3. The molecule has 0 bridgehead atoms. The van der Waals surface area contributed by atoms with Gasteiger partial charge in [-0.25, -0.2) is 0 Å². The van der Waals surface area contributed by atoms with Crippen molar-refractivity contribution in [1.82, 2.24) is 14.9 Å². The van der Waals surface area contributed by atoms with Crippen LogP contribution >= 0.6 is 12.2 Å². The molecule has 5 rings (SSSR count). The summed E-state index contributed by atoms with van der Waals surface area (Å²) in [5.74, 6) is 0.499. The number of pyridine rings is 1. The minimum atomic E-state index is -0.174. The molecule has 1 aliphatic rings. The molecule has 0 saturated carbocycles. The molecule has 1 saturated heterocycles. The summed E-state index contributed by atoms with van der Waals surface area (Å²) in [5, 5.41) is 7.07. The number of carbonyl (C=O) groups excluding carboxylic acids is 1. The molecule has 1 fully saturated rings. The van der Waals surface area contributed by atoms with E-state index in [0.717, 1.165) is 28.3 Å². The Labute approximate surface area is 241 Å². The zero-order valence-corrected chi connectivity index (χ0v) is 24.6. The van der Waals surface area contributed by atoms with Crippen molar-refractivity contribution >= 4 is 34.6 Å². The van der Waals surface area contributed by atoms with Gasteiger partial charge in [0.25, 0.3) is 0 Å². The van der Waals surface area contributed by atoms with Crippen LogP contribution < -0.4 is 20.3 Å². The highest BCUT2D eigenvalue weighted by atomic mass is 32.1. The number of ether oxygens (including phenoxy) is 1. The number of hydrogen-bond acceptors (Lipinski definition) is 4. The van der Waals surface area contributed by atoms with E-state index in [2.05, 4.69) is 72.1 Å². The van der Waals surface area contributed by atoms with Gasteiger partial charge in [-0.3, -0.25) is 9.78 Å². The Bertz CT molecular complexity index is 1580. The van der Waals surface area contributed by atoms with Crippen LogP contribution in [0.25, 0.3) is 5.69 Å². The quantitative estimate of drug-likeness (QED) is 0.250. The molecule has 0 unspecified atom stereocenters. The first-order valence-corrected chi connectivity index (χ1v) is 13.9. The second-order valence-electron chi connectivity index (χ2n) is 10.2. The third kappa shape index (κ3) is 4.95. The number of rotatable bonds is 7. The molecule has 2 aromatic carbocycles. The number of benzene rings is 2. The van der Waals surface area contributed by atoms with E-state index in [1.54, 1.807) is 7.11 Å². The summed E-state index contributed by atoms with van der Waals surface area (Å²) in [6, 6.07) is 20.2. The molecule has 1 aliphatic heterocycles. The van der Waals surface area contributed by atoms with Gasteiger partial charge in [0.1, 0.15) is 5.75 Å². The van der Waals surface area contributed by atoms with Gasteiger partial charge in [-0.15, -0.1) is 0 Å². The van der Waals surface area contributed by atoms with Crippen molar-refractivity contribution in [2.24, 2.45) is 0 Å². The molecular formula is C32H35N5O2S. The van der Waals surface area contributed by atoms with Crippen LogP contribution in [0, 0.1) is 27.7 Å². The number of amides is 1. The van der Waals surface area contributed by atoms with Crippen molar-refractivity contribution in [2.75, 3.05) is 17.3 Å². The minimum absolute atomic E-state index is 0.0728. The zero-order chi connectivity index (χ0) is 28.6. The topological polar surface area (TPSA) is 71.4 Å². The maximum atomic E-state index is 12.1. The van der Waals surface area contributed by atoms with Gasteiger partial charge in [0.15, 0.2) is 5.11 Å². The molecule has 4 aromatic rings. The number of anilines is 2. The van der Waals surface area contributed by atoms with Crippen LogP contribution in [0.15, 0.2) is 66.9 Å². The smallest absolute Gasteiger partial charge is 0.224 e. The van der Waals surface area contributed by atoms with E-state index in [1.807, 2.05) is 49.5 Å². The van der Waals surface area contributed by atoms with Crippen LogP contribution in [0.1, 0.15) is 59.2 Å². The molecule has 40 heavy (non-hydrogen) atoms. The fourth-order valence-corrected chi connectivity index (χ4v) is 5.88. The number of carbonyl (C=O) groups is 1. The van der Waals surface area contributed by atoms with E-state index in [-0.39, 0.29) is 18.0 Å². The van der Waals surface area contributed by atoms with Gasteiger partial charge < -0.3 is 24.8 Å². The molecule has 2 aromatic heterocycles. The Kier molecular flexibility index (Phi) is 7.63. The van der Waals surface area contributed by atoms with Crippen LogP contribution in [0.3, 0.4) is 0 Å². The lowest BCUT2D eigenvalue weighted by Crippen LogP contribution is -2.29. The molecule has 7 nitrogen and oxygen atoms in total. The van der Waals surface area contributed by atoms with Crippen LogP contribution in [-0.4, -0.2) is 27.7 Å². The van der Waals surface area contributed by atoms with Gasteiger partial charge >= 0.3 is 0 Å². The summed E-state index contributed by atoms with van der Waals surface area (Å²) in [7, 11) is 1.60. The monoisotopic (exact) mass is 553 g/mol. The Hall–Kier alpha value is -4.17. The van der Waals surface area contributed by atoms with Gasteiger partial charge in [-0.2, -0.15) is 0 Å². The average Bonchev–Trinajstić information content (AvgIpc) is 3.45. The van der Waals surface area contributed by atoms with Crippen LogP contribution in [0.5, 0.6) is 5.75 Å². The summed E-state index contributed by atoms with van der Waals surface area (Å²) < 4.78 is 8.02. The molecule has 0 spiro atoms. The van der Waals surface area contributed by atoms with E-state index in [4.69, 9.17) is 21.9 Å². The fraction of sp³-hybridized carbons (Fsp3) is 0.281. The highest BCUT2D eigenvalue weighted by Crippen LogP contribution is 2.45. The van der Waals surface area contributed by atoms with Crippen LogP contribution in [-0.2, 0) is 4.79 Å². The lowest BCUT2D eigenvalue weighted by atomic mass is 9.96. The summed E-state index contributed by atoms with van der Waals surface area (Å²) >= 11 is 5.96. The normalized spacial score (nSPS) is 16.6. The molecule has 2 atom stereocenters. The zero-order valence-electron chi connectivity index (χ0n) is 23.8. The molecule has 1 amide bonds. The number of nitrogens with one attached hydrogen (secondary N) is 2. The van der Waals surface area contributed by atoms with Crippen molar-refractivity contribution in [3.8, 4) is 11.4 Å². The highest BCUT2D eigenvalue weighted by Gasteiger charge is 2.42. The van der Waals surface area contributed by atoms with Crippen molar-refractivity contribution in [2.45, 2.75) is 53.1 Å². The number of nitrogens with zero attached hydrogens (tertiary/aromatic N) is 3. The second kappa shape index (κ2) is 11.1. The van der Waals surface area contributed by atoms with Gasteiger partial charge in [0.05, 0.1) is 30.6 Å². The third-order valence-corrected chi connectivity index (χ3v) is 7.87. The van der Waals surface area contributed by atoms with Gasteiger partial charge in [0.2, 0.25) is 5.91 Å².